The summed E-state index contributed by atoms with van der Waals surface area (Å²) in [6.45, 7) is 6.02. The standard InChI is InChI=1S/C8H15F2NO/c1-8(2,3)5-11(4)7(12)6(9)10/h6H,5H2,1-4H3. The number of hydrogen-bond acceptors (Lipinski definition) is 1. The van der Waals surface area contributed by atoms with Gasteiger partial charge in [-0.2, -0.15) is 8.78 Å². The zero-order chi connectivity index (χ0) is 9.94. The molecule has 0 rings (SSSR count). The second kappa shape index (κ2) is 3.83. The molecule has 0 spiro atoms. The molecular formula is C8H15F2NO. The van der Waals surface area contributed by atoms with Gasteiger partial charge >= 0.3 is 6.43 Å². The van der Waals surface area contributed by atoms with Gasteiger partial charge in [-0.15, -0.1) is 0 Å². The van der Waals surface area contributed by atoms with Crippen LogP contribution in [-0.2, 0) is 4.79 Å². The van der Waals surface area contributed by atoms with Crippen LogP contribution >= 0.6 is 0 Å². The molecule has 0 aromatic carbocycles. The first kappa shape index (κ1) is 11.3. The zero-order valence-corrected chi connectivity index (χ0v) is 7.90. The summed E-state index contributed by atoms with van der Waals surface area (Å²) in [4.78, 5) is 11.8. The van der Waals surface area contributed by atoms with Crippen molar-refractivity contribution in [3.8, 4) is 0 Å². The van der Waals surface area contributed by atoms with E-state index in [1.807, 2.05) is 20.8 Å². The third-order valence-electron chi connectivity index (χ3n) is 1.27. The van der Waals surface area contributed by atoms with E-state index in [2.05, 4.69) is 0 Å². The normalized spacial score (nSPS) is 11.9. The van der Waals surface area contributed by atoms with Crippen LogP contribution in [0.2, 0.25) is 0 Å². The molecule has 0 aromatic rings. The molecule has 0 aliphatic heterocycles. The van der Waals surface area contributed by atoms with Crippen molar-refractivity contribution in [1.82, 2.24) is 4.90 Å². The van der Waals surface area contributed by atoms with Crippen molar-refractivity contribution in [3.63, 3.8) is 0 Å². The highest BCUT2D eigenvalue weighted by Gasteiger charge is 2.23. The van der Waals surface area contributed by atoms with Gasteiger partial charge in [-0.3, -0.25) is 4.79 Å². The minimum atomic E-state index is -2.89. The minimum Gasteiger partial charge on any atom is -0.340 e. The predicted octanol–water partition coefficient (Wildman–Crippen LogP) is 1.76. The Labute approximate surface area is 71.5 Å². The number of carbonyl (C=O) groups is 1. The number of alkyl halides is 2. The first-order chi connectivity index (χ1) is 5.24. The fourth-order valence-corrected chi connectivity index (χ4v) is 0.956. The monoisotopic (exact) mass is 179 g/mol. The molecular weight excluding hydrogens is 164 g/mol. The topological polar surface area (TPSA) is 20.3 Å². The van der Waals surface area contributed by atoms with E-state index in [1.165, 1.54) is 7.05 Å². The number of halogens is 2. The lowest BCUT2D eigenvalue weighted by atomic mass is 9.96. The zero-order valence-electron chi connectivity index (χ0n) is 7.90. The predicted molar refractivity (Wildman–Crippen MR) is 43.1 cm³/mol. The second-order valence-electron chi connectivity index (χ2n) is 4.06. The Morgan fingerprint density at radius 1 is 1.42 bits per heavy atom. The van der Waals surface area contributed by atoms with Gasteiger partial charge in [0.05, 0.1) is 0 Å². The number of carbonyl (C=O) groups excluding carboxylic acids is 1. The Balaban J connectivity index is 4.05. The van der Waals surface area contributed by atoms with E-state index in [0.29, 0.717) is 6.54 Å². The van der Waals surface area contributed by atoms with Gasteiger partial charge in [-0.1, -0.05) is 20.8 Å². The molecule has 2 nitrogen and oxygen atoms in total. The van der Waals surface area contributed by atoms with Crippen molar-refractivity contribution < 1.29 is 13.6 Å². The average Bonchev–Trinajstić information content (AvgIpc) is 1.82. The molecule has 0 aliphatic carbocycles. The molecule has 72 valence electrons. The van der Waals surface area contributed by atoms with E-state index in [0.717, 1.165) is 4.90 Å². The summed E-state index contributed by atoms with van der Waals surface area (Å²) in [5, 5.41) is 0. The smallest absolute Gasteiger partial charge is 0.315 e. The highest BCUT2D eigenvalue weighted by atomic mass is 19.3. The van der Waals surface area contributed by atoms with E-state index in [1.54, 1.807) is 0 Å². The Kier molecular flexibility index (Phi) is 3.61. The van der Waals surface area contributed by atoms with E-state index in [9.17, 15) is 13.6 Å². The lowest BCUT2D eigenvalue weighted by molar-refractivity contribution is -0.142. The largest absolute Gasteiger partial charge is 0.340 e. The van der Waals surface area contributed by atoms with Crippen LogP contribution in [0, 0.1) is 5.41 Å². The molecule has 0 aliphatic rings. The Morgan fingerprint density at radius 3 is 2.08 bits per heavy atom. The lowest BCUT2D eigenvalue weighted by Gasteiger charge is -2.26. The number of amides is 1. The third kappa shape index (κ3) is 4.26. The maximum Gasteiger partial charge on any atom is 0.315 e. The summed E-state index contributed by atoms with van der Waals surface area (Å²) >= 11 is 0. The summed E-state index contributed by atoms with van der Waals surface area (Å²) in [5.74, 6) is -1.11. The van der Waals surface area contributed by atoms with Gasteiger partial charge < -0.3 is 4.90 Å². The maximum absolute atomic E-state index is 11.9. The van der Waals surface area contributed by atoms with Crippen molar-refractivity contribution in [3.05, 3.63) is 0 Å². The highest BCUT2D eigenvalue weighted by molar-refractivity contribution is 5.79. The third-order valence-corrected chi connectivity index (χ3v) is 1.27. The fraction of sp³-hybridized carbons (Fsp3) is 0.875. The lowest BCUT2D eigenvalue weighted by Crippen LogP contribution is -2.37. The van der Waals surface area contributed by atoms with Crippen molar-refractivity contribution in [2.45, 2.75) is 27.2 Å². The molecule has 0 aromatic heterocycles. The molecule has 1 amide bonds. The summed E-state index contributed by atoms with van der Waals surface area (Å²) in [6.07, 6.45) is -2.89. The van der Waals surface area contributed by atoms with E-state index in [4.69, 9.17) is 0 Å². The molecule has 0 saturated carbocycles. The van der Waals surface area contributed by atoms with Gasteiger partial charge in [-0.05, 0) is 5.41 Å². The van der Waals surface area contributed by atoms with Crippen LogP contribution in [0.5, 0.6) is 0 Å². The second-order valence-corrected chi connectivity index (χ2v) is 4.06. The first-order valence-corrected chi connectivity index (χ1v) is 3.77. The van der Waals surface area contributed by atoms with Gasteiger partial charge in [0.1, 0.15) is 0 Å². The van der Waals surface area contributed by atoms with E-state index >= 15 is 0 Å². The van der Waals surface area contributed by atoms with Gasteiger partial charge in [0.15, 0.2) is 0 Å². The molecule has 0 N–H and O–H groups in total. The first-order valence-electron chi connectivity index (χ1n) is 3.77. The quantitative estimate of drug-likeness (QED) is 0.632. The van der Waals surface area contributed by atoms with Crippen LogP contribution in [0.1, 0.15) is 20.8 Å². The van der Waals surface area contributed by atoms with Crippen LogP contribution in [0.15, 0.2) is 0 Å². The maximum atomic E-state index is 11.9. The average molecular weight is 179 g/mol. The number of nitrogens with zero attached hydrogens (tertiary/aromatic N) is 1. The Hall–Kier alpha value is -0.670. The molecule has 0 fully saturated rings. The molecule has 0 bridgehead atoms. The van der Waals surface area contributed by atoms with Crippen molar-refractivity contribution >= 4 is 5.91 Å². The van der Waals surface area contributed by atoms with Crippen LogP contribution in [0.3, 0.4) is 0 Å². The summed E-state index contributed by atoms with van der Waals surface area (Å²) < 4.78 is 23.7. The number of rotatable bonds is 2. The molecule has 0 heterocycles. The van der Waals surface area contributed by atoms with Crippen LogP contribution < -0.4 is 0 Å². The van der Waals surface area contributed by atoms with Crippen LogP contribution in [-0.4, -0.2) is 30.8 Å². The van der Waals surface area contributed by atoms with Crippen molar-refractivity contribution in [2.75, 3.05) is 13.6 Å². The van der Waals surface area contributed by atoms with Crippen molar-refractivity contribution in [1.29, 1.82) is 0 Å². The molecule has 0 atom stereocenters. The molecule has 4 heteroatoms. The Morgan fingerprint density at radius 2 is 1.83 bits per heavy atom. The Bertz CT molecular complexity index is 163. The highest BCUT2D eigenvalue weighted by Crippen LogP contribution is 2.15. The van der Waals surface area contributed by atoms with Gasteiger partial charge in [-0.25, -0.2) is 0 Å². The van der Waals surface area contributed by atoms with E-state index in [-0.39, 0.29) is 5.41 Å². The fourth-order valence-electron chi connectivity index (χ4n) is 0.956. The summed E-state index contributed by atoms with van der Waals surface area (Å²) in [5.41, 5.74) is -0.140. The van der Waals surface area contributed by atoms with E-state index < -0.39 is 12.3 Å². The molecule has 0 saturated heterocycles. The SMILES string of the molecule is CN(CC(C)(C)C)C(=O)C(F)F. The molecule has 0 radical (unpaired) electrons. The molecule has 12 heavy (non-hydrogen) atoms. The van der Waals surface area contributed by atoms with Gasteiger partial charge in [0, 0.05) is 13.6 Å². The summed E-state index contributed by atoms with van der Waals surface area (Å²) in [6, 6.07) is 0. The van der Waals surface area contributed by atoms with Crippen molar-refractivity contribution in [2.24, 2.45) is 5.41 Å². The summed E-state index contributed by atoms with van der Waals surface area (Å²) in [7, 11) is 1.39. The van der Waals surface area contributed by atoms with Crippen LogP contribution in [0.4, 0.5) is 8.78 Å². The minimum absolute atomic E-state index is 0.140. The van der Waals surface area contributed by atoms with Gasteiger partial charge in [0.25, 0.3) is 5.91 Å². The number of hydrogen-bond donors (Lipinski definition) is 0. The van der Waals surface area contributed by atoms with Gasteiger partial charge in [0.2, 0.25) is 0 Å². The molecule has 0 unspecified atom stereocenters. The van der Waals surface area contributed by atoms with Crippen LogP contribution in [0.25, 0.3) is 0 Å².